The third-order valence-corrected chi connectivity index (χ3v) is 3.59. The number of carboxylic acid groups (broad SMARTS) is 1. The van der Waals surface area contributed by atoms with Gasteiger partial charge in [0.15, 0.2) is 11.6 Å². The van der Waals surface area contributed by atoms with Crippen LogP contribution in [0, 0.1) is 11.7 Å². The third kappa shape index (κ3) is 3.01. The van der Waals surface area contributed by atoms with E-state index in [0.717, 1.165) is 31.7 Å². The summed E-state index contributed by atoms with van der Waals surface area (Å²) >= 11 is 0. The van der Waals surface area contributed by atoms with Gasteiger partial charge >= 0.3 is 5.97 Å². The molecule has 1 fully saturated rings. The minimum atomic E-state index is -1.31. The fourth-order valence-corrected chi connectivity index (χ4v) is 2.50. The highest BCUT2D eigenvalue weighted by molar-refractivity contribution is 5.88. The van der Waals surface area contributed by atoms with Gasteiger partial charge < -0.3 is 15.5 Å². The van der Waals surface area contributed by atoms with Gasteiger partial charge in [-0.2, -0.15) is 0 Å². The van der Waals surface area contributed by atoms with E-state index in [4.69, 9.17) is 5.11 Å². The van der Waals surface area contributed by atoms with Crippen LogP contribution in [0.1, 0.15) is 36.0 Å². The van der Waals surface area contributed by atoms with Gasteiger partial charge in [-0.3, -0.25) is 0 Å². The van der Waals surface area contributed by atoms with Gasteiger partial charge in [-0.15, -0.1) is 0 Å². The normalized spacial score (nSPS) is 23.1. The summed E-state index contributed by atoms with van der Waals surface area (Å²) in [5.74, 6) is -2.16. The minimum absolute atomic E-state index is 0.0396. The molecule has 5 nitrogen and oxygen atoms in total. The SMILES string of the molecule is O=C(O)c1ccnc(NC2CCCCC2CO)c1F. The number of aromatic carboxylic acids is 1. The van der Waals surface area contributed by atoms with E-state index in [2.05, 4.69) is 10.3 Å². The second-order valence-electron chi connectivity index (χ2n) is 4.80. The second kappa shape index (κ2) is 5.97. The van der Waals surface area contributed by atoms with Crippen LogP contribution < -0.4 is 5.32 Å². The highest BCUT2D eigenvalue weighted by Crippen LogP contribution is 2.27. The van der Waals surface area contributed by atoms with E-state index in [1.165, 1.54) is 6.20 Å². The van der Waals surface area contributed by atoms with E-state index in [0.29, 0.717) is 0 Å². The van der Waals surface area contributed by atoms with Gasteiger partial charge in [0.05, 0.1) is 0 Å². The maximum atomic E-state index is 13.9. The molecule has 1 saturated carbocycles. The first-order chi connectivity index (χ1) is 9.13. The molecule has 0 amide bonds. The number of hydrogen-bond acceptors (Lipinski definition) is 4. The number of aromatic nitrogens is 1. The predicted octanol–water partition coefficient (Wildman–Crippen LogP) is 1.88. The van der Waals surface area contributed by atoms with E-state index in [1.807, 2.05) is 0 Å². The monoisotopic (exact) mass is 268 g/mol. The fraction of sp³-hybridized carbons (Fsp3) is 0.538. The van der Waals surface area contributed by atoms with Crippen LogP contribution in [0.2, 0.25) is 0 Å². The van der Waals surface area contributed by atoms with Crippen LogP contribution in [0.4, 0.5) is 10.2 Å². The summed E-state index contributed by atoms with van der Waals surface area (Å²) < 4.78 is 13.9. The zero-order valence-electron chi connectivity index (χ0n) is 10.5. The van der Waals surface area contributed by atoms with E-state index in [1.54, 1.807) is 0 Å². The maximum absolute atomic E-state index is 13.9. The molecule has 1 aliphatic carbocycles. The maximum Gasteiger partial charge on any atom is 0.338 e. The molecule has 0 aliphatic heterocycles. The number of hydrogen-bond donors (Lipinski definition) is 3. The molecule has 0 saturated heterocycles. The lowest BCUT2D eigenvalue weighted by Gasteiger charge is -2.31. The van der Waals surface area contributed by atoms with Crippen molar-refractivity contribution in [3.05, 3.63) is 23.6 Å². The van der Waals surface area contributed by atoms with Crippen LogP contribution in [0.5, 0.6) is 0 Å². The average molecular weight is 268 g/mol. The summed E-state index contributed by atoms with van der Waals surface area (Å²) in [5, 5.41) is 21.1. The van der Waals surface area contributed by atoms with Crippen molar-refractivity contribution in [3.63, 3.8) is 0 Å². The van der Waals surface area contributed by atoms with Crippen LogP contribution in [0.25, 0.3) is 0 Å². The van der Waals surface area contributed by atoms with Gasteiger partial charge in [-0.05, 0) is 18.9 Å². The van der Waals surface area contributed by atoms with Crippen molar-refractivity contribution in [1.82, 2.24) is 4.98 Å². The topological polar surface area (TPSA) is 82.5 Å². The molecule has 0 radical (unpaired) electrons. The number of nitrogens with one attached hydrogen (secondary N) is 1. The number of pyridine rings is 1. The number of halogens is 1. The first kappa shape index (κ1) is 13.7. The molecule has 19 heavy (non-hydrogen) atoms. The molecule has 1 aliphatic rings. The van der Waals surface area contributed by atoms with Crippen LogP contribution >= 0.6 is 0 Å². The molecule has 6 heteroatoms. The molecule has 104 valence electrons. The first-order valence-corrected chi connectivity index (χ1v) is 6.38. The van der Waals surface area contributed by atoms with Gasteiger partial charge in [0.2, 0.25) is 0 Å². The molecule has 0 spiro atoms. The Balaban J connectivity index is 2.18. The van der Waals surface area contributed by atoms with Gasteiger partial charge in [0.1, 0.15) is 5.56 Å². The Morgan fingerprint density at radius 3 is 2.89 bits per heavy atom. The molecule has 2 atom stereocenters. The number of aliphatic hydroxyl groups excluding tert-OH is 1. The van der Waals surface area contributed by atoms with Crippen molar-refractivity contribution < 1.29 is 19.4 Å². The number of rotatable bonds is 4. The van der Waals surface area contributed by atoms with Crippen LogP contribution in [-0.2, 0) is 0 Å². The number of carbonyl (C=O) groups is 1. The highest BCUT2D eigenvalue weighted by atomic mass is 19.1. The van der Waals surface area contributed by atoms with Crippen LogP contribution in [0.15, 0.2) is 12.3 Å². The number of aliphatic hydroxyl groups is 1. The van der Waals surface area contributed by atoms with Crippen molar-refractivity contribution in [2.75, 3.05) is 11.9 Å². The fourth-order valence-electron chi connectivity index (χ4n) is 2.50. The summed E-state index contributed by atoms with van der Waals surface area (Å²) in [6, 6.07) is 1.07. The predicted molar refractivity (Wildman–Crippen MR) is 67.6 cm³/mol. The van der Waals surface area contributed by atoms with Gasteiger partial charge in [-0.25, -0.2) is 14.2 Å². The zero-order valence-corrected chi connectivity index (χ0v) is 10.5. The molecule has 2 unspecified atom stereocenters. The summed E-state index contributed by atoms with van der Waals surface area (Å²) in [6.45, 7) is 0.0396. The Bertz CT molecular complexity index is 467. The Kier molecular flexibility index (Phi) is 4.31. The Morgan fingerprint density at radius 1 is 1.47 bits per heavy atom. The van der Waals surface area contributed by atoms with Crippen molar-refractivity contribution in [1.29, 1.82) is 0 Å². The Hall–Kier alpha value is -1.69. The number of carboxylic acids is 1. The Labute approximate surface area is 110 Å². The van der Waals surface area contributed by atoms with Gasteiger partial charge in [0.25, 0.3) is 0 Å². The van der Waals surface area contributed by atoms with Crippen LogP contribution in [0.3, 0.4) is 0 Å². The molecular formula is C13H17FN2O3. The highest BCUT2D eigenvalue weighted by Gasteiger charge is 2.26. The minimum Gasteiger partial charge on any atom is -0.478 e. The quantitative estimate of drug-likeness (QED) is 0.776. The van der Waals surface area contributed by atoms with E-state index >= 15 is 0 Å². The molecule has 3 N–H and O–H groups in total. The molecule has 1 aromatic rings. The van der Waals surface area contributed by atoms with E-state index in [9.17, 15) is 14.3 Å². The number of anilines is 1. The van der Waals surface area contributed by atoms with Crippen molar-refractivity contribution in [3.8, 4) is 0 Å². The first-order valence-electron chi connectivity index (χ1n) is 6.38. The molecular weight excluding hydrogens is 251 g/mol. The summed E-state index contributed by atoms with van der Waals surface area (Å²) in [6.07, 6.45) is 5.03. The molecule has 2 rings (SSSR count). The lowest BCUT2D eigenvalue weighted by Crippen LogP contribution is -2.35. The average Bonchev–Trinajstić information content (AvgIpc) is 2.41. The van der Waals surface area contributed by atoms with E-state index in [-0.39, 0.29) is 24.4 Å². The van der Waals surface area contributed by atoms with Crippen LogP contribution in [-0.4, -0.2) is 33.8 Å². The van der Waals surface area contributed by atoms with Crippen molar-refractivity contribution in [2.45, 2.75) is 31.7 Å². The lowest BCUT2D eigenvalue weighted by molar-refractivity contribution is 0.0691. The summed E-state index contributed by atoms with van der Waals surface area (Å²) in [7, 11) is 0. The molecule has 1 heterocycles. The van der Waals surface area contributed by atoms with E-state index < -0.39 is 17.3 Å². The van der Waals surface area contributed by atoms with Crippen molar-refractivity contribution in [2.24, 2.45) is 5.92 Å². The largest absolute Gasteiger partial charge is 0.478 e. The lowest BCUT2D eigenvalue weighted by atomic mass is 9.85. The third-order valence-electron chi connectivity index (χ3n) is 3.59. The molecule has 0 bridgehead atoms. The standard InChI is InChI=1S/C13H17FN2O3/c14-11-9(13(18)19)5-6-15-12(11)16-10-4-2-1-3-8(10)7-17/h5-6,8,10,17H,1-4,7H2,(H,15,16)(H,18,19). The van der Waals surface area contributed by atoms with Gasteiger partial charge in [0, 0.05) is 24.8 Å². The summed E-state index contributed by atoms with van der Waals surface area (Å²) in [4.78, 5) is 14.7. The zero-order chi connectivity index (χ0) is 13.8. The molecule has 1 aromatic heterocycles. The number of nitrogens with zero attached hydrogens (tertiary/aromatic N) is 1. The van der Waals surface area contributed by atoms with Gasteiger partial charge in [-0.1, -0.05) is 12.8 Å². The molecule has 0 aromatic carbocycles. The Morgan fingerprint density at radius 2 is 2.21 bits per heavy atom. The smallest absolute Gasteiger partial charge is 0.338 e. The van der Waals surface area contributed by atoms with Crippen molar-refractivity contribution >= 4 is 11.8 Å². The summed E-state index contributed by atoms with van der Waals surface area (Å²) in [5.41, 5.74) is -0.395. The second-order valence-corrected chi connectivity index (χ2v) is 4.80.